The van der Waals surface area contributed by atoms with Crippen molar-refractivity contribution in [3.63, 3.8) is 0 Å². The quantitative estimate of drug-likeness (QED) is 0.797. The molecule has 1 aromatic carbocycles. The maximum atomic E-state index is 12.4. The molecule has 2 fully saturated rings. The molecule has 0 bridgehead atoms. The molecule has 1 saturated carbocycles. The highest BCUT2D eigenvalue weighted by Crippen LogP contribution is 2.38. The summed E-state index contributed by atoms with van der Waals surface area (Å²) in [4.78, 5) is 6.61. The van der Waals surface area contributed by atoms with Crippen molar-refractivity contribution in [3.05, 3.63) is 41.5 Å². The van der Waals surface area contributed by atoms with E-state index in [9.17, 15) is 8.78 Å². The number of benzene rings is 1. The SMILES string of the molecule is FC(F)Oc1cccc(C2CN(Cc3nc(C4CC4)no3)CCO2)c1. The second kappa shape index (κ2) is 7.05. The van der Waals surface area contributed by atoms with Crippen LogP contribution in [0.3, 0.4) is 0 Å². The van der Waals surface area contributed by atoms with E-state index < -0.39 is 6.61 Å². The molecule has 0 amide bonds. The second-order valence-corrected chi connectivity index (χ2v) is 6.37. The predicted octanol–water partition coefficient (Wildman–Crippen LogP) is 3.12. The molecular formula is C17H19F2N3O3. The maximum absolute atomic E-state index is 12.4. The molecule has 1 aliphatic carbocycles. The molecule has 1 aliphatic heterocycles. The van der Waals surface area contributed by atoms with E-state index in [1.807, 2.05) is 6.07 Å². The molecule has 8 heteroatoms. The summed E-state index contributed by atoms with van der Waals surface area (Å²) in [5, 5.41) is 4.03. The highest BCUT2D eigenvalue weighted by Gasteiger charge is 2.30. The number of nitrogens with zero attached hydrogens (tertiary/aromatic N) is 3. The first-order valence-electron chi connectivity index (χ1n) is 8.38. The van der Waals surface area contributed by atoms with Gasteiger partial charge in [-0.3, -0.25) is 4.90 Å². The molecule has 1 unspecified atom stereocenters. The second-order valence-electron chi connectivity index (χ2n) is 6.37. The van der Waals surface area contributed by atoms with Gasteiger partial charge in [0.15, 0.2) is 5.82 Å². The Morgan fingerprint density at radius 2 is 2.20 bits per heavy atom. The maximum Gasteiger partial charge on any atom is 0.387 e. The third kappa shape index (κ3) is 4.13. The fourth-order valence-electron chi connectivity index (χ4n) is 2.97. The van der Waals surface area contributed by atoms with E-state index >= 15 is 0 Å². The molecule has 1 aromatic heterocycles. The van der Waals surface area contributed by atoms with Crippen molar-refractivity contribution in [1.29, 1.82) is 0 Å². The molecule has 6 nitrogen and oxygen atoms in total. The number of hydrogen-bond donors (Lipinski definition) is 0. The van der Waals surface area contributed by atoms with E-state index in [1.165, 1.54) is 6.07 Å². The Morgan fingerprint density at radius 1 is 1.32 bits per heavy atom. The zero-order valence-corrected chi connectivity index (χ0v) is 13.6. The van der Waals surface area contributed by atoms with Crippen LogP contribution < -0.4 is 4.74 Å². The van der Waals surface area contributed by atoms with Crippen LogP contribution in [0.15, 0.2) is 28.8 Å². The van der Waals surface area contributed by atoms with Crippen LogP contribution >= 0.6 is 0 Å². The van der Waals surface area contributed by atoms with Crippen molar-refractivity contribution in [2.75, 3.05) is 19.7 Å². The summed E-state index contributed by atoms with van der Waals surface area (Å²) >= 11 is 0. The first-order valence-corrected chi connectivity index (χ1v) is 8.38. The van der Waals surface area contributed by atoms with E-state index in [1.54, 1.807) is 12.1 Å². The number of alkyl halides is 2. The number of halogens is 2. The van der Waals surface area contributed by atoms with Crippen LogP contribution in [-0.4, -0.2) is 41.3 Å². The molecule has 1 saturated heterocycles. The highest BCUT2D eigenvalue weighted by molar-refractivity contribution is 5.30. The molecule has 2 aliphatic rings. The predicted molar refractivity (Wildman–Crippen MR) is 83.3 cm³/mol. The van der Waals surface area contributed by atoms with Gasteiger partial charge < -0.3 is 14.0 Å². The van der Waals surface area contributed by atoms with Crippen molar-refractivity contribution < 1.29 is 22.8 Å². The van der Waals surface area contributed by atoms with Crippen LogP contribution in [0.1, 0.15) is 42.1 Å². The van der Waals surface area contributed by atoms with Crippen molar-refractivity contribution in [2.24, 2.45) is 0 Å². The molecule has 134 valence electrons. The molecule has 4 rings (SSSR count). The zero-order chi connectivity index (χ0) is 17.2. The fraction of sp³-hybridized carbons (Fsp3) is 0.529. The minimum Gasteiger partial charge on any atom is -0.435 e. The standard InChI is InChI=1S/C17H19F2N3O3/c18-17(19)24-13-3-1-2-12(8-13)14-9-22(6-7-23-14)10-15-20-16(21-25-15)11-4-5-11/h1-3,8,11,14,17H,4-7,9-10H2. The van der Waals surface area contributed by atoms with Crippen LogP contribution in [0.2, 0.25) is 0 Å². The number of aromatic nitrogens is 2. The summed E-state index contributed by atoms with van der Waals surface area (Å²) in [5.74, 6) is 2.01. The van der Waals surface area contributed by atoms with Crippen LogP contribution in [0.5, 0.6) is 5.75 Å². The van der Waals surface area contributed by atoms with Gasteiger partial charge in [0, 0.05) is 19.0 Å². The summed E-state index contributed by atoms with van der Waals surface area (Å²) in [5.41, 5.74) is 0.812. The van der Waals surface area contributed by atoms with Gasteiger partial charge in [0.25, 0.3) is 0 Å². The smallest absolute Gasteiger partial charge is 0.387 e. The normalized spacial score (nSPS) is 21.6. The van der Waals surface area contributed by atoms with E-state index in [2.05, 4.69) is 19.8 Å². The van der Waals surface area contributed by atoms with Gasteiger partial charge in [-0.1, -0.05) is 17.3 Å². The van der Waals surface area contributed by atoms with Gasteiger partial charge >= 0.3 is 6.61 Å². The summed E-state index contributed by atoms with van der Waals surface area (Å²) in [6.45, 7) is -0.345. The monoisotopic (exact) mass is 351 g/mol. The Morgan fingerprint density at radius 3 is 3.00 bits per heavy atom. The summed E-state index contributed by atoms with van der Waals surface area (Å²) in [7, 11) is 0. The summed E-state index contributed by atoms with van der Waals surface area (Å²) in [6, 6.07) is 6.64. The van der Waals surface area contributed by atoms with Crippen molar-refractivity contribution in [2.45, 2.75) is 38.0 Å². The third-order valence-corrected chi connectivity index (χ3v) is 4.39. The summed E-state index contributed by atoms with van der Waals surface area (Å²) < 4.78 is 40.3. The average molecular weight is 351 g/mol. The molecular weight excluding hydrogens is 332 g/mol. The highest BCUT2D eigenvalue weighted by atomic mass is 19.3. The molecule has 0 radical (unpaired) electrons. The van der Waals surface area contributed by atoms with E-state index in [0.717, 1.165) is 30.8 Å². The van der Waals surface area contributed by atoms with Gasteiger partial charge in [0.05, 0.1) is 19.3 Å². The van der Waals surface area contributed by atoms with E-state index in [4.69, 9.17) is 9.26 Å². The Bertz CT molecular complexity index is 721. The Balaban J connectivity index is 1.40. The lowest BCUT2D eigenvalue weighted by Crippen LogP contribution is -2.37. The minimum atomic E-state index is -2.84. The Hall–Kier alpha value is -2.06. The van der Waals surface area contributed by atoms with Crippen LogP contribution in [0.4, 0.5) is 8.78 Å². The van der Waals surface area contributed by atoms with Gasteiger partial charge in [-0.15, -0.1) is 0 Å². The van der Waals surface area contributed by atoms with Crippen LogP contribution in [0.25, 0.3) is 0 Å². The van der Waals surface area contributed by atoms with Gasteiger partial charge in [-0.25, -0.2) is 0 Å². The molecule has 0 spiro atoms. The van der Waals surface area contributed by atoms with Crippen molar-refractivity contribution in [3.8, 4) is 5.75 Å². The average Bonchev–Trinajstić information content (AvgIpc) is 3.35. The van der Waals surface area contributed by atoms with Gasteiger partial charge in [-0.05, 0) is 30.5 Å². The minimum absolute atomic E-state index is 0.138. The third-order valence-electron chi connectivity index (χ3n) is 4.39. The molecule has 1 atom stereocenters. The van der Waals surface area contributed by atoms with Crippen LogP contribution in [0, 0.1) is 0 Å². The largest absolute Gasteiger partial charge is 0.435 e. The molecule has 25 heavy (non-hydrogen) atoms. The summed E-state index contributed by atoms with van der Waals surface area (Å²) in [6.07, 6.45) is 2.06. The first-order chi connectivity index (χ1) is 12.2. The van der Waals surface area contributed by atoms with E-state index in [-0.39, 0.29) is 11.9 Å². The number of hydrogen-bond acceptors (Lipinski definition) is 6. The topological polar surface area (TPSA) is 60.6 Å². The van der Waals surface area contributed by atoms with E-state index in [0.29, 0.717) is 31.5 Å². The first kappa shape index (κ1) is 16.4. The molecule has 0 N–H and O–H groups in total. The number of morpholine rings is 1. The van der Waals surface area contributed by atoms with Gasteiger partial charge in [0.2, 0.25) is 5.89 Å². The van der Waals surface area contributed by atoms with Crippen molar-refractivity contribution in [1.82, 2.24) is 15.0 Å². The lowest BCUT2D eigenvalue weighted by molar-refractivity contribution is -0.0511. The van der Waals surface area contributed by atoms with Gasteiger partial charge in [-0.2, -0.15) is 13.8 Å². The van der Waals surface area contributed by atoms with Gasteiger partial charge in [0.1, 0.15) is 5.75 Å². The Labute approximate surface area is 143 Å². The molecule has 2 aromatic rings. The number of rotatable bonds is 6. The van der Waals surface area contributed by atoms with Crippen molar-refractivity contribution >= 4 is 0 Å². The lowest BCUT2D eigenvalue weighted by Gasteiger charge is -2.32. The Kier molecular flexibility index (Phi) is 4.63. The lowest BCUT2D eigenvalue weighted by atomic mass is 10.1. The van der Waals surface area contributed by atoms with Crippen LogP contribution in [-0.2, 0) is 11.3 Å². The molecule has 2 heterocycles. The zero-order valence-electron chi connectivity index (χ0n) is 13.6. The fourth-order valence-corrected chi connectivity index (χ4v) is 2.97. The number of ether oxygens (including phenoxy) is 2.